The highest BCUT2D eigenvalue weighted by molar-refractivity contribution is 5.81. The highest BCUT2D eigenvalue weighted by Crippen LogP contribution is 2.47. The van der Waals surface area contributed by atoms with Crippen LogP contribution >= 0.6 is 0 Å². The molecule has 5 aromatic rings. The average molecular weight is 602 g/mol. The predicted molar refractivity (Wildman–Crippen MR) is 160 cm³/mol. The highest BCUT2D eigenvalue weighted by Gasteiger charge is 2.48. The Labute approximate surface area is 252 Å². The van der Waals surface area contributed by atoms with Gasteiger partial charge in [-0.2, -0.15) is 10.2 Å². The molecule has 10 nitrogen and oxygen atoms in total. The average Bonchev–Trinajstić information content (AvgIpc) is 3.70. The first-order valence-electron chi connectivity index (χ1n) is 14.6. The van der Waals surface area contributed by atoms with E-state index in [-0.39, 0.29) is 23.6 Å². The molecular weight excluding hydrogens is 568 g/mol. The number of fused-ring (bicyclic) bond motifs is 5. The molecule has 2 aliphatic rings. The summed E-state index contributed by atoms with van der Waals surface area (Å²) < 4.78 is 42.1. The fourth-order valence-electron chi connectivity index (χ4n) is 6.69. The normalized spacial score (nSPS) is 17.9. The molecule has 2 atom stereocenters. The van der Waals surface area contributed by atoms with Crippen molar-refractivity contribution in [3.8, 4) is 17.2 Å². The number of rotatable bonds is 3. The van der Waals surface area contributed by atoms with E-state index in [0.717, 1.165) is 17.7 Å². The minimum Gasteiger partial charge on any atom is -0.444 e. The molecule has 2 aromatic carbocycles. The number of halogens is 2. The van der Waals surface area contributed by atoms with Crippen molar-refractivity contribution in [3.05, 3.63) is 87.4 Å². The highest BCUT2D eigenvalue weighted by atomic mass is 19.1. The van der Waals surface area contributed by atoms with Crippen LogP contribution in [0.5, 0.6) is 0 Å². The molecule has 1 fully saturated rings. The Morgan fingerprint density at radius 3 is 2.43 bits per heavy atom. The number of amides is 1. The molecule has 1 amide bonds. The largest absolute Gasteiger partial charge is 0.444 e. The van der Waals surface area contributed by atoms with Crippen LogP contribution in [0.25, 0.3) is 28.1 Å². The first-order chi connectivity index (χ1) is 20.8. The molecule has 0 spiro atoms. The lowest BCUT2D eigenvalue weighted by molar-refractivity contribution is 0.0124. The van der Waals surface area contributed by atoms with Gasteiger partial charge in [0, 0.05) is 37.5 Å². The summed E-state index contributed by atoms with van der Waals surface area (Å²) in [4.78, 5) is 29.4. The first kappa shape index (κ1) is 28.1. The van der Waals surface area contributed by atoms with Gasteiger partial charge < -0.3 is 4.74 Å². The Kier molecular flexibility index (Phi) is 6.14. The van der Waals surface area contributed by atoms with Crippen LogP contribution in [0.3, 0.4) is 0 Å². The number of carbonyl (C=O) groups excluding carboxylic acids is 1. The van der Waals surface area contributed by atoms with E-state index in [1.54, 1.807) is 65.6 Å². The van der Waals surface area contributed by atoms with Gasteiger partial charge in [-0.05, 0) is 82.9 Å². The van der Waals surface area contributed by atoms with Crippen LogP contribution in [0.4, 0.5) is 13.6 Å². The van der Waals surface area contributed by atoms with Crippen molar-refractivity contribution in [2.45, 2.75) is 71.6 Å². The number of nitrogens with zero attached hydrogens (tertiary/aromatic N) is 7. The van der Waals surface area contributed by atoms with E-state index in [1.165, 1.54) is 21.5 Å². The zero-order valence-electron chi connectivity index (χ0n) is 25.4. The van der Waals surface area contributed by atoms with Crippen molar-refractivity contribution in [2.24, 2.45) is 7.05 Å². The summed E-state index contributed by atoms with van der Waals surface area (Å²) in [7, 11) is 1.72. The van der Waals surface area contributed by atoms with Gasteiger partial charge in [0.05, 0.1) is 40.2 Å². The third-order valence-electron chi connectivity index (χ3n) is 8.62. The lowest BCUT2D eigenvalue weighted by Gasteiger charge is -2.35. The van der Waals surface area contributed by atoms with Crippen LogP contribution in [0.1, 0.15) is 62.0 Å². The number of aromatic nitrogens is 6. The van der Waals surface area contributed by atoms with Crippen LogP contribution in [0.15, 0.2) is 47.7 Å². The van der Waals surface area contributed by atoms with Gasteiger partial charge in [-0.1, -0.05) is 0 Å². The van der Waals surface area contributed by atoms with Crippen molar-refractivity contribution in [1.82, 2.24) is 33.6 Å². The SMILES string of the molecule is Cc1cc(-n2nc3c(c2-n2ccn(-c4ccc5c(cnn5C)c4F)c2=O)C2CCC(C3)N2C(=O)OC(C)(C)C)cc(C)c1F. The van der Waals surface area contributed by atoms with Crippen molar-refractivity contribution in [1.29, 1.82) is 0 Å². The lowest BCUT2D eigenvalue weighted by atomic mass is 9.99. The number of ether oxygens (including phenoxy) is 1. The molecule has 2 aliphatic heterocycles. The second-order valence-electron chi connectivity index (χ2n) is 12.7. The Morgan fingerprint density at radius 2 is 1.73 bits per heavy atom. The molecule has 228 valence electrons. The first-order valence-corrected chi connectivity index (χ1v) is 14.6. The standard InChI is InChI=1S/C32H33F2N7O3/c1-17-13-20(14-18(2)27(17)33)41-29(26-22(36-41)15-19-7-8-24(26)40(19)31(43)44-32(3,4)5)39-12-11-38(30(39)42)25-10-9-23-21(28(25)34)16-35-37(23)6/h9-14,16,19,24H,7-8,15H2,1-6H3. The van der Waals surface area contributed by atoms with Crippen molar-refractivity contribution in [2.75, 3.05) is 0 Å². The van der Waals surface area contributed by atoms with Crippen LogP contribution in [0, 0.1) is 25.5 Å². The van der Waals surface area contributed by atoms with Gasteiger partial charge in [-0.15, -0.1) is 0 Å². The maximum absolute atomic E-state index is 15.7. The van der Waals surface area contributed by atoms with Crippen LogP contribution < -0.4 is 5.69 Å². The summed E-state index contributed by atoms with van der Waals surface area (Å²) in [6, 6.07) is 6.16. The molecule has 44 heavy (non-hydrogen) atoms. The topological polar surface area (TPSA) is 92.1 Å². The van der Waals surface area contributed by atoms with E-state index >= 15 is 4.39 Å². The molecule has 2 bridgehead atoms. The van der Waals surface area contributed by atoms with Crippen LogP contribution in [-0.2, 0) is 18.2 Å². The van der Waals surface area contributed by atoms with E-state index < -0.39 is 23.2 Å². The van der Waals surface area contributed by atoms with Gasteiger partial charge in [-0.25, -0.2) is 23.1 Å². The molecule has 7 rings (SSSR count). The second kappa shape index (κ2) is 9.63. The maximum atomic E-state index is 15.7. The van der Waals surface area contributed by atoms with Crippen LogP contribution in [0.2, 0.25) is 0 Å². The monoisotopic (exact) mass is 601 g/mol. The molecule has 0 aliphatic carbocycles. The van der Waals surface area contributed by atoms with Crippen LogP contribution in [-0.4, -0.2) is 51.3 Å². The minimum absolute atomic E-state index is 0.0824. The number of aryl methyl sites for hydroxylation is 3. The quantitative estimate of drug-likeness (QED) is 0.269. The Morgan fingerprint density at radius 1 is 1.02 bits per heavy atom. The van der Waals surface area contributed by atoms with Gasteiger partial charge in [0.2, 0.25) is 0 Å². The van der Waals surface area contributed by atoms with Gasteiger partial charge >= 0.3 is 11.8 Å². The van der Waals surface area contributed by atoms with Gasteiger partial charge in [0.1, 0.15) is 17.2 Å². The third-order valence-corrected chi connectivity index (χ3v) is 8.62. The van der Waals surface area contributed by atoms with Gasteiger partial charge in [0.25, 0.3) is 0 Å². The minimum atomic E-state index is -0.680. The number of benzene rings is 2. The van der Waals surface area contributed by atoms with E-state index in [2.05, 4.69) is 5.10 Å². The fraction of sp³-hybridized carbons (Fsp3) is 0.375. The molecule has 0 saturated carbocycles. The molecule has 3 aromatic heterocycles. The number of carbonyl (C=O) groups is 1. The number of hydrogen-bond acceptors (Lipinski definition) is 5. The van der Waals surface area contributed by atoms with Crippen molar-refractivity contribution >= 4 is 17.0 Å². The molecule has 0 radical (unpaired) electrons. The van der Waals surface area contributed by atoms with Gasteiger partial charge in [-0.3, -0.25) is 18.7 Å². The van der Waals surface area contributed by atoms with E-state index in [4.69, 9.17) is 9.84 Å². The summed E-state index contributed by atoms with van der Waals surface area (Å²) in [5.74, 6) is -0.451. The van der Waals surface area contributed by atoms with E-state index in [0.29, 0.717) is 46.4 Å². The zero-order valence-corrected chi connectivity index (χ0v) is 25.4. The smallest absolute Gasteiger partial charge is 0.411 e. The summed E-state index contributed by atoms with van der Waals surface area (Å²) in [5.41, 5.74) is 2.43. The lowest BCUT2D eigenvalue weighted by Crippen LogP contribution is -2.44. The van der Waals surface area contributed by atoms with Gasteiger partial charge in [0.15, 0.2) is 5.82 Å². The number of imidazole rings is 1. The molecule has 5 heterocycles. The Hall–Kier alpha value is -4.74. The summed E-state index contributed by atoms with van der Waals surface area (Å²) >= 11 is 0. The summed E-state index contributed by atoms with van der Waals surface area (Å²) in [6.45, 7) is 8.85. The second-order valence-corrected chi connectivity index (χ2v) is 12.7. The Balaban J connectivity index is 1.44. The molecule has 2 unspecified atom stereocenters. The summed E-state index contributed by atoms with van der Waals surface area (Å²) in [5, 5.41) is 9.41. The number of hydrogen-bond donors (Lipinski definition) is 0. The molecule has 12 heteroatoms. The molecular formula is C32H33F2N7O3. The Bertz CT molecular complexity index is 2020. The van der Waals surface area contributed by atoms with E-state index in [9.17, 15) is 14.0 Å². The zero-order chi connectivity index (χ0) is 31.2. The van der Waals surface area contributed by atoms with Crippen molar-refractivity contribution < 1.29 is 18.3 Å². The maximum Gasteiger partial charge on any atom is 0.411 e. The van der Waals surface area contributed by atoms with E-state index in [1.807, 2.05) is 20.8 Å². The fourth-order valence-corrected chi connectivity index (χ4v) is 6.69. The predicted octanol–water partition coefficient (Wildman–Crippen LogP) is 5.59. The molecule has 0 N–H and O–H groups in total. The molecule has 1 saturated heterocycles. The third kappa shape index (κ3) is 4.18. The van der Waals surface area contributed by atoms with Crippen molar-refractivity contribution in [3.63, 3.8) is 0 Å². The summed E-state index contributed by atoms with van der Waals surface area (Å²) in [6.07, 6.45) is 6.01.